The summed E-state index contributed by atoms with van der Waals surface area (Å²) < 4.78 is 0. The lowest BCUT2D eigenvalue weighted by Crippen LogP contribution is -2.45. The van der Waals surface area contributed by atoms with E-state index in [-0.39, 0.29) is 11.9 Å². The first kappa shape index (κ1) is 7.74. The summed E-state index contributed by atoms with van der Waals surface area (Å²) in [5.74, 6) is 5.58. The van der Waals surface area contributed by atoms with Crippen LogP contribution in [-0.4, -0.2) is 18.4 Å². The van der Waals surface area contributed by atoms with E-state index in [1.165, 1.54) is 0 Å². The number of carbonyl (C=O) groups excluding carboxylic acids is 1. The molecule has 0 saturated carbocycles. The molecule has 1 rings (SSSR count). The van der Waals surface area contributed by atoms with Gasteiger partial charge in [0.05, 0.1) is 5.92 Å². The number of hydrogen-bond acceptors (Lipinski definition) is 3. The summed E-state index contributed by atoms with van der Waals surface area (Å²) in [5, 5.41) is 2.55. The molecule has 0 aliphatic carbocycles. The van der Waals surface area contributed by atoms with Crippen LogP contribution in [0, 0.1) is 5.92 Å². The molecule has 11 heavy (non-hydrogen) atoms. The van der Waals surface area contributed by atoms with Gasteiger partial charge in [-0.3, -0.25) is 0 Å². The molecule has 5 nitrogen and oxygen atoms in total. The molecular weight excluding hydrogens is 144 g/mol. The molecule has 0 aromatic rings. The highest BCUT2D eigenvalue weighted by atomic mass is 16.2. The van der Waals surface area contributed by atoms with Crippen molar-refractivity contribution in [2.24, 2.45) is 16.8 Å². The monoisotopic (exact) mass is 154 g/mol. The van der Waals surface area contributed by atoms with Crippen molar-refractivity contribution in [1.82, 2.24) is 10.7 Å². The van der Waals surface area contributed by atoms with E-state index in [1.54, 1.807) is 6.08 Å². The van der Waals surface area contributed by atoms with Crippen LogP contribution in [0.5, 0.6) is 0 Å². The maximum Gasteiger partial charge on any atom is 0.342 e. The summed E-state index contributed by atoms with van der Waals surface area (Å²) in [5.41, 5.74) is 2.35. The second-order valence-corrected chi connectivity index (χ2v) is 2.17. The van der Waals surface area contributed by atoms with Gasteiger partial charge in [-0.1, -0.05) is 6.08 Å². The number of nitrogens with zero attached hydrogens (tertiary/aromatic N) is 1. The minimum atomic E-state index is -0.365. The topological polar surface area (TPSA) is 79.5 Å². The first-order chi connectivity index (χ1) is 5.27. The van der Waals surface area contributed by atoms with E-state index in [0.29, 0.717) is 12.4 Å². The Morgan fingerprint density at radius 3 is 3.18 bits per heavy atom. The van der Waals surface area contributed by atoms with Crippen LogP contribution < -0.4 is 16.6 Å². The van der Waals surface area contributed by atoms with E-state index >= 15 is 0 Å². The lowest BCUT2D eigenvalue weighted by atomic mass is 10.1. The molecule has 60 valence electrons. The summed E-state index contributed by atoms with van der Waals surface area (Å²) in [6.07, 6.45) is 1.68. The van der Waals surface area contributed by atoms with Crippen LogP contribution >= 0.6 is 0 Å². The van der Waals surface area contributed by atoms with E-state index in [9.17, 15) is 4.79 Å². The van der Waals surface area contributed by atoms with E-state index in [2.05, 4.69) is 22.3 Å². The Bertz CT molecular complexity index is 211. The summed E-state index contributed by atoms with van der Waals surface area (Å²) in [6, 6.07) is -0.365. The predicted octanol–water partition coefficient (Wildman–Crippen LogP) is -0.626. The van der Waals surface area contributed by atoms with Crippen molar-refractivity contribution >= 4 is 11.9 Å². The Labute approximate surface area is 64.3 Å². The Morgan fingerprint density at radius 1 is 1.91 bits per heavy atom. The Morgan fingerprint density at radius 2 is 2.64 bits per heavy atom. The minimum absolute atomic E-state index is 0.00213. The minimum Gasteiger partial charge on any atom is -0.335 e. The van der Waals surface area contributed by atoms with Crippen LogP contribution in [0.15, 0.2) is 17.6 Å². The van der Waals surface area contributed by atoms with Crippen molar-refractivity contribution in [3.05, 3.63) is 12.7 Å². The number of nitrogens with two attached hydrogens (primary N) is 1. The van der Waals surface area contributed by atoms with Crippen molar-refractivity contribution < 1.29 is 4.79 Å². The van der Waals surface area contributed by atoms with Gasteiger partial charge in [0.1, 0.15) is 5.84 Å². The summed E-state index contributed by atoms with van der Waals surface area (Å²) in [6.45, 7) is 4.09. The molecule has 2 amide bonds. The third kappa shape index (κ3) is 1.56. The Balaban J connectivity index is 2.78. The molecule has 5 heteroatoms. The lowest BCUT2D eigenvalue weighted by molar-refractivity contribution is 0.247. The quantitative estimate of drug-likeness (QED) is 0.267. The second kappa shape index (κ2) is 3.16. The molecule has 0 saturated heterocycles. The molecular formula is C6H10N4O. The number of hydrogen-bond donors (Lipinski definition) is 3. The molecule has 0 spiro atoms. The fourth-order valence-electron chi connectivity index (χ4n) is 0.860. The Hall–Kier alpha value is -1.36. The second-order valence-electron chi connectivity index (χ2n) is 2.17. The van der Waals surface area contributed by atoms with Gasteiger partial charge in [0.2, 0.25) is 0 Å². The van der Waals surface area contributed by atoms with E-state index < -0.39 is 0 Å². The molecule has 0 bridgehead atoms. The summed E-state index contributed by atoms with van der Waals surface area (Å²) >= 11 is 0. The van der Waals surface area contributed by atoms with Gasteiger partial charge >= 0.3 is 6.03 Å². The highest BCUT2D eigenvalue weighted by Crippen LogP contribution is 2.02. The number of amides is 2. The van der Waals surface area contributed by atoms with Crippen molar-refractivity contribution in [2.75, 3.05) is 6.54 Å². The largest absolute Gasteiger partial charge is 0.342 e. The van der Waals surface area contributed by atoms with Crippen molar-refractivity contribution in [1.29, 1.82) is 0 Å². The lowest BCUT2D eigenvalue weighted by Gasteiger charge is -2.18. The van der Waals surface area contributed by atoms with Crippen molar-refractivity contribution in [2.45, 2.75) is 0 Å². The van der Waals surface area contributed by atoms with Gasteiger partial charge < -0.3 is 10.7 Å². The molecule has 1 heterocycles. The molecule has 0 radical (unpaired) electrons. The van der Waals surface area contributed by atoms with Crippen LogP contribution in [0.3, 0.4) is 0 Å². The van der Waals surface area contributed by atoms with Gasteiger partial charge in [0.15, 0.2) is 0 Å². The maximum atomic E-state index is 10.7. The van der Waals surface area contributed by atoms with Gasteiger partial charge in [-0.05, 0) is 0 Å². The number of urea groups is 1. The highest BCUT2D eigenvalue weighted by Gasteiger charge is 2.18. The molecule has 4 N–H and O–H groups in total. The fraction of sp³-hybridized carbons (Fsp3) is 0.333. The summed E-state index contributed by atoms with van der Waals surface area (Å²) in [7, 11) is 0. The first-order valence-electron chi connectivity index (χ1n) is 3.23. The number of nitrogens with one attached hydrogen (secondary N) is 2. The van der Waals surface area contributed by atoms with Crippen LogP contribution in [0.2, 0.25) is 0 Å². The molecule has 1 atom stereocenters. The zero-order chi connectivity index (χ0) is 8.27. The molecule has 0 aromatic heterocycles. The number of rotatable bonds is 1. The third-order valence-corrected chi connectivity index (χ3v) is 1.48. The SMILES string of the molecule is C=CC1CNC(=O)N=C1NN. The van der Waals surface area contributed by atoms with Crippen LogP contribution in [0.1, 0.15) is 0 Å². The summed E-state index contributed by atoms with van der Waals surface area (Å²) in [4.78, 5) is 14.3. The van der Waals surface area contributed by atoms with Crippen molar-refractivity contribution in [3.8, 4) is 0 Å². The number of hydrazine groups is 1. The Kier molecular flexibility index (Phi) is 2.22. The highest BCUT2D eigenvalue weighted by molar-refractivity contribution is 5.98. The third-order valence-electron chi connectivity index (χ3n) is 1.48. The molecule has 1 unspecified atom stereocenters. The van der Waals surface area contributed by atoms with Gasteiger partial charge in [-0.15, -0.1) is 6.58 Å². The average Bonchev–Trinajstić information content (AvgIpc) is 2.04. The first-order valence-corrected chi connectivity index (χ1v) is 3.23. The van der Waals surface area contributed by atoms with E-state index in [0.717, 1.165) is 0 Å². The zero-order valence-corrected chi connectivity index (χ0v) is 6.00. The normalized spacial score (nSPS) is 23.5. The zero-order valence-electron chi connectivity index (χ0n) is 6.00. The van der Waals surface area contributed by atoms with Crippen LogP contribution in [0.25, 0.3) is 0 Å². The van der Waals surface area contributed by atoms with E-state index in [4.69, 9.17) is 5.84 Å². The van der Waals surface area contributed by atoms with Crippen LogP contribution in [-0.2, 0) is 0 Å². The maximum absolute atomic E-state index is 10.7. The molecule has 1 aliphatic heterocycles. The van der Waals surface area contributed by atoms with Gasteiger partial charge in [-0.25, -0.2) is 10.6 Å². The van der Waals surface area contributed by atoms with E-state index in [1.807, 2.05) is 0 Å². The van der Waals surface area contributed by atoms with Crippen LogP contribution in [0.4, 0.5) is 4.79 Å². The number of amidine groups is 1. The molecule has 1 aliphatic rings. The smallest absolute Gasteiger partial charge is 0.335 e. The molecule has 0 aromatic carbocycles. The van der Waals surface area contributed by atoms with Crippen molar-refractivity contribution in [3.63, 3.8) is 0 Å². The van der Waals surface area contributed by atoms with Gasteiger partial charge in [0.25, 0.3) is 0 Å². The average molecular weight is 154 g/mol. The van der Waals surface area contributed by atoms with Gasteiger partial charge in [0, 0.05) is 6.54 Å². The fourth-order valence-corrected chi connectivity index (χ4v) is 0.860. The standard InChI is InChI=1S/C6H10N4O/c1-2-4-3-8-6(11)9-5(4)10-7/h2,4H,1,3,7H2,(H2,8,9,10,11). The molecule has 0 fully saturated rings. The number of aliphatic imine (C=N–C) groups is 1. The predicted molar refractivity (Wildman–Crippen MR) is 41.8 cm³/mol. The number of carbonyl (C=O) groups is 1. The van der Waals surface area contributed by atoms with Gasteiger partial charge in [-0.2, -0.15) is 4.99 Å².